The number of aromatic nitrogens is 4. The molecule has 1 N–H and O–H groups in total. The standard InChI is InChI=1S/C25H20ClN5O2S/c26-18-10-12-19(13-11-18)27-22(32)16-34-25-29-28-24-30(15-14-17-6-2-1-3-7-17)23(33)20-8-4-5-9-21(20)31(24)25/h1-13H,14-16H2,(H,27,32). The number of rotatable bonds is 7. The number of carbonyl (C=O) groups is 1. The summed E-state index contributed by atoms with van der Waals surface area (Å²) < 4.78 is 3.50. The lowest BCUT2D eigenvalue weighted by atomic mass is 10.1. The van der Waals surface area contributed by atoms with Crippen LogP contribution in [0.2, 0.25) is 5.02 Å². The number of anilines is 1. The third-order valence-corrected chi connectivity index (χ3v) is 6.59. The molecule has 0 radical (unpaired) electrons. The highest BCUT2D eigenvalue weighted by Crippen LogP contribution is 2.22. The van der Waals surface area contributed by atoms with Crippen molar-refractivity contribution in [1.29, 1.82) is 0 Å². The fourth-order valence-electron chi connectivity index (χ4n) is 3.77. The van der Waals surface area contributed by atoms with E-state index in [0.29, 0.717) is 45.5 Å². The molecule has 0 fully saturated rings. The van der Waals surface area contributed by atoms with Gasteiger partial charge in [0.15, 0.2) is 5.16 Å². The van der Waals surface area contributed by atoms with E-state index in [4.69, 9.17) is 11.6 Å². The van der Waals surface area contributed by atoms with E-state index in [2.05, 4.69) is 15.5 Å². The smallest absolute Gasteiger partial charge is 0.262 e. The Morgan fingerprint density at radius 1 is 0.941 bits per heavy atom. The zero-order valence-corrected chi connectivity index (χ0v) is 19.6. The van der Waals surface area contributed by atoms with Crippen molar-refractivity contribution >= 4 is 51.6 Å². The van der Waals surface area contributed by atoms with Crippen molar-refractivity contribution < 1.29 is 4.79 Å². The number of hydrogen-bond donors (Lipinski definition) is 1. The zero-order chi connectivity index (χ0) is 23.5. The molecule has 0 spiro atoms. The fourth-order valence-corrected chi connectivity index (χ4v) is 4.64. The van der Waals surface area contributed by atoms with Crippen molar-refractivity contribution in [2.45, 2.75) is 18.1 Å². The highest BCUT2D eigenvalue weighted by atomic mass is 35.5. The molecule has 1 amide bonds. The molecule has 0 aliphatic carbocycles. The van der Waals surface area contributed by atoms with Crippen molar-refractivity contribution in [1.82, 2.24) is 19.2 Å². The molecule has 2 aromatic heterocycles. The first-order valence-electron chi connectivity index (χ1n) is 10.7. The molecule has 34 heavy (non-hydrogen) atoms. The Bertz CT molecular complexity index is 1530. The van der Waals surface area contributed by atoms with Gasteiger partial charge in [-0.3, -0.25) is 18.6 Å². The van der Waals surface area contributed by atoms with Crippen LogP contribution in [-0.2, 0) is 17.8 Å². The summed E-state index contributed by atoms with van der Waals surface area (Å²) in [6, 6.07) is 24.3. The van der Waals surface area contributed by atoms with Crippen LogP contribution in [0.15, 0.2) is 88.8 Å². The Morgan fingerprint density at radius 2 is 1.68 bits per heavy atom. The number of hydrogen-bond acceptors (Lipinski definition) is 5. The first-order valence-corrected chi connectivity index (χ1v) is 12.1. The van der Waals surface area contributed by atoms with Crippen LogP contribution < -0.4 is 10.9 Å². The maximum atomic E-state index is 13.3. The second-order valence-electron chi connectivity index (χ2n) is 7.67. The molecule has 170 valence electrons. The van der Waals surface area contributed by atoms with Crippen LogP contribution in [0.5, 0.6) is 0 Å². The number of nitrogens with one attached hydrogen (secondary N) is 1. The monoisotopic (exact) mass is 489 g/mol. The Hall–Kier alpha value is -3.62. The topological polar surface area (TPSA) is 81.3 Å². The number of para-hydroxylation sites is 1. The Kier molecular flexibility index (Phi) is 6.33. The van der Waals surface area contributed by atoms with Crippen molar-refractivity contribution in [2.75, 3.05) is 11.1 Å². The van der Waals surface area contributed by atoms with E-state index in [1.807, 2.05) is 52.9 Å². The predicted molar refractivity (Wildman–Crippen MR) is 136 cm³/mol. The zero-order valence-electron chi connectivity index (χ0n) is 18.0. The molecule has 9 heteroatoms. The third kappa shape index (κ3) is 4.55. The molecule has 0 unspecified atom stereocenters. The van der Waals surface area contributed by atoms with Gasteiger partial charge in [0.05, 0.1) is 16.7 Å². The highest BCUT2D eigenvalue weighted by Gasteiger charge is 2.17. The number of aryl methyl sites for hydroxylation is 2. The summed E-state index contributed by atoms with van der Waals surface area (Å²) in [6.07, 6.45) is 0.688. The molecule has 3 aromatic carbocycles. The van der Waals surface area contributed by atoms with E-state index in [1.54, 1.807) is 34.9 Å². The van der Waals surface area contributed by atoms with Crippen LogP contribution in [0.3, 0.4) is 0 Å². The summed E-state index contributed by atoms with van der Waals surface area (Å²) in [4.78, 5) is 25.8. The molecular formula is C25H20ClN5O2S. The number of fused-ring (bicyclic) bond motifs is 3. The van der Waals surface area contributed by atoms with Gasteiger partial charge < -0.3 is 5.32 Å². The highest BCUT2D eigenvalue weighted by molar-refractivity contribution is 7.99. The summed E-state index contributed by atoms with van der Waals surface area (Å²) in [5.41, 5.74) is 2.41. The Labute approximate surface area is 204 Å². The average molecular weight is 490 g/mol. The third-order valence-electron chi connectivity index (χ3n) is 5.41. The van der Waals surface area contributed by atoms with Gasteiger partial charge in [0, 0.05) is 17.3 Å². The number of halogens is 1. The van der Waals surface area contributed by atoms with Crippen LogP contribution in [0.25, 0.3) is 16.7 Å². The molecule has 0 atom stereocenters. The van der Waals surface area contributed by atoms with Crippen LogP contribution in [0, 0.1) is 0 Å². The number of thioether (sulfide) groups is 1. The first-order chi connectivity index (χ1) is 16.6. The summed E-state index contributed by atoms with van der Waals surface area (Å²) in [5.74, 6) is 0.423. The molecule has 0 saturated heterocycles. The van der Waals surface area contributed by atoms with Crippen LogP contribution in [-0.4, -0.2) is 30.8 Å². The van der Waals surface area contributed by atoms with Gasteiger partial charge in [0.2, 0.25) is 11.7 Å². The SMILES string of the molecule is O=C(CSc1nnc2n(CCc3ccccc3)c(=O)c3ccccc3n12)Nc1ccc(Cl)cc1. The Balaban J connectivity index is 1.45. The van der Waals surface area contributed by atoms with Gasteiger partial charge in [-0.05, 0) is 48.4 Å². The Morgan fingerprint density at radius 3 is 2.47 bits per heavy atom. The van der Waals surface area contributed by atoms with Crippen molar-refractivity contribution in [3.63, 3.8) is 0 Å². The molecule has 0 aliphatic heterocycles. The fraction of sp³-hybridized carbons (Fsp3) is 0.120. The minimum absolute atomic E-state index is 0.108. The summed E-state index contributed by atoms with van der Waals surface area (Å²) in [6.45, 7) is 0.469. The lowest BCUT2D eigenvalue weighted by Crippen LogP contribution is -2.24. The van der Waals surface area contributed by atoms with Crippen molar-refractivity contribution in [3.8, 4) is 0 Å². The van der Waals surface area contributed by atoms with E-state index in [9.17, 15) is 9.59 Å². The molecule has 5 rings (SSSR count). The van der Waals surface area contributed by atoms with Gasteiger partial charge in [-0.15, -0.1) is 10.2 Å². The average Bonchev–Trinajstić information content (AvgIpc) is 3.29. The lowest BCUT2D eigenvalue weighted by Gasteiger charge is -2.11. The molecule has 0 bridgehead atoms. The molecule has 5 aromatic rings. The van der Waals surface area contributed by atoms with Crippen LogP contribution in [0.4, 0.5) is 5.69 Å². The summed E-state index contributed by atoms with van der Waals surface area (Å²) in [5, 5.41) is 13.2. The van der Waals surface area contributed by atoms with Crippen LogP contribution >= 0.6 is 23.4 Å². The first kappa shape index (κ1) is 22.2. The molecular weight excluding hydrogens is 470 g/mol. The maximum absolute atomic E-state index is 13.3. The van der Waals surface area contributed by atoms with Crippen molar-refractivity contribution in [3.05, 3.63) is 99.8 Å². The van der Waals surface area contributed by atoms with E-state index in [1.165, 1.54) is 11.8 Å². The van der Waals surface area contributed by atoms with Gasteiger partial charge in [0.25, 0.3) is 5.56 Å². The van der Waals surface area contributed by atoms with Gasteiger partial charge in [-0.25, -0.2) is 0 Å². The minimum atomic E-state index is -0.175. The quantitative estimate of drug-likeness (QED) is 0.336. The van der Waals surface area contributed by atoms with E-state index in [0.717, 1.165) is 5.56 Å². The van der Waals surface area contributed by atoms with E-state index < -0.39 is 0 Å². The van der Waals surface area contributed by atoms with Gasteiger partial charge in [0.1, 0.15) is 0 Å². The van der Waals surface area contributed by atoms with Gasteiger partial charge in [-0.2, -0.15) is 0 Å². The largest absolute Gasteiger partial charge is 0.325 e. The number of benzene rings is 3. The predicted octanol–water partition coefficient (Wildman–Crippen LogP) is 4.67. The van der Waals surface area contributed by atoms with Crippen LogP contribution in [0.1, 0.15) is 5.56 Å². The number of nitrogens with zero attached hydrogens (tertiary/aromatic N) is 4. The summed E-state index contributed by atoms with van der Waals surface area (Å²) >= 11 is 7.17. The van der Waals surface area contributed by atoms with E-state index >= 15 is 0 Å². The molecule has 7 nitrogen and oxygen atoms in total. The maximum Gasteiger partial charge on any atom is 0.262 e. The second kappa shape index (κ2) is 9.70. The van der Waals surface area contributed by atoms with E-state index in [-0.39, 0.29) is 17.2 Å². The van der Waals surface area contributed by atoms with Crippen molar-refractivity contribution in [2.24, 2.45) is 0 Å². The summed E-state index contributed by atoms with van der Waals surface area (Å²) in [7, 11) is 0. The number of amides is 1. The minimum Gasteiger partial charge on any atom is -0.325 e. The van der Waals surface area contributed by atoms with Gasteiger partial charge in [-0.1, -0.05) is 65.8 Å². The number of carbonyl (C=O) groups excluding carboxylic acids is 1. The molecule has 0 aliphatic rings. The normalized spacial score (nSPS) is 11.2. The lowest BCUT2D eigenvalue weighted by molar-refractivity contribution is -0.113. The van der Waals surface area contributed by atoms with Gasteiger partial charge >= 0.3 is 0 Å². The molecule has 2 heterocycles. The second-order valence-corrected chi connectivity index (χ2v) is 9.05. The molecule has 0 saturated carbocycles.